The Balaban J connectivity index is 1.99. The van der Waals surface area contributed by atoms with E-state index in [4.69, 9.17) is 4.42 Å². The highest BCUT2D eigenvalue weighted by atomic mass is 16.4. The summed E-state index contributed by atoms with van der Waals surface area (Å²) < 4.78 is 5.08. The molecule has 0 aliphatic heterocycles. The molecule has 0 fully saturated rings. The summed E-state index contributed by atoms with van der Waals surface area (Å²) in [5.41, 5.74) is 0.931. The normalized spacial score (nSPS) is 10.5. The number of fused-ring (bicyclic) bond motifs is 1. The molecule has 5 nitrogen and oxygen atoms in total. The van der Waals surface area contributed by atoms with Gasteiger partial charge in [0.1, 0.15) is 0 Å². The van der Waals surface area contributed by atoms with Crippen LogP contribution in [0.4, 0.5) is 5.69 Å². The van der Waals surface area contributed by atoms with Gasteiger partial charge < -0.3 is 9.73 Å². The molecule has 3 rings (SSSR count). The number of pyridine rings is 1. The number of carbonyl (C=O) groups excluding carboxylic acids is 1. The van der Waals surface area contributed by atoms with Gasteiger partial charge in [0.15, 0.2) is 5.76 Å². The Morgan fingerprint density at radius 3 is 2.86 bits per heavy atom. The third-order valence-corrected chi connectivity index (χ3v) is 3.18. The van der Waals surface area contributed by atoms with Crippen LogP contribution in [0, 0.1) is 6.92 Å². The fourth-order valence-corrected chi connectivity index (χ4v) is 2.02. The molecule has 0 radical (unpaired) electrons. The Labute approximate surface area is 120 Å². The standard InChI is InChI=1S/C16H12N2O3/c1-10-6-7-17-9-13(10)18-15(19)14-8-11-4-2-3-5-12(11)16(20)21-14/h2-9H,1H3,(H,18,19). The maximum absolute atomic E-state index is 12.2. The molecule has 5 heteroatoms. The van der Waals surface area contributed by atoms with Crippen LogP contribution in [0.2, 0.25) is 0 Å². The molecule has 0 saturated heterocycles. The number of benzene rings is 1. The zero-order valence-corrected chi connectivity index (χ0v) is 11.3. The van der Waals surface area contributed by atoms with Crippen molar-refractivity contribution in [2.45, 2.75) is 6.92 Å². The van der Waals surface area contributed by atoms with Crippen molar-refractivity contribution in [3.8, 4) is 0 Å². The van der Waals surface area contributed by atoms with Gasteiger partial charge in [-0.3, -0.25) is 9.78 Å². The predicted molar refractivity (Wildman–Crippen MR) is 79.4 cm³/mol. The highest BCUT2D eigenvalue weighted by Crippen LogP contribution is 2.15. The molecule has 21 heavy (non-hydrogen) atoms. The quantitative estimate of drug-likeness (QED) is 0.783. The first-order chi connectivity index (χ1) is 10.1. The van der Waals surface area contributed by atoms with Gasteiger partial charge in [0, 0.05) is 6.20 Å². The highest BCUT2D eigenvalue weighted by Gasteiger charge is 2.13. The average Bonchev–Trinajstić information content (AvgIpc) is 2.49. The van der Waals surface area contributed by atoms with E-state index in [-0.39, 0.29) is 5.76 Å². The lowest BCUT2D eigenvalue weighted by atomic mass is 10.1. The molecule has 3 aromatic rings. The number of nitrogens with zero attached hydrogens (tertiary/aromatic N) is 1. The lowest BCUT2D eigenvalue weighted by Gasteiger charge is -2.07. The monoisotopic (exact) mass is 280 g/mol. The number of hydrogen-bond acceptors (Lipinski definition) is 4. The van der Waals surface area contributed by atoms with E-state index in [1.165, 1.54) is 0 Å². The first-order valence-corrected chi connectivity index (χ1v) is 6.40. The molecular weight excluding hydrogens is 268 g/mol. The van der Waals surface area contributed by atoms with Crippen LogP contribution in [-0.4, -0.2) is 10.9 Å². The van der Waals surface area contributed by atoms with Crippen LogP contribution in [0.5, 0.6) is 0 Å². The number of aromatic nitrogens is 1. The van der Waals surface area contributed by atoms with Gasteiger partial charge in [0.05, 0.1) is 17.3 Å². The Kier molecular flexibility index (Phi) is 3.23. The molecule has 0 unspecified atom stereocenters. The summed E-state index contributed by atoms with van der Waals surface area (Å²) in [5, 5.41) is 3.80. The fraction of sp³-hybridized carbons (Fsp3) is 0.0625. The molecule has 1 N–H and O–H groups in total. The third-order valence-electron chi connectivity index (χ3n) is 3.18. The van der Waals surface area contributed by atoms with Crippen LogP contribution >= 0.6 is 0 Å². The van der Waals surface area contributed by atoms with Crippen molar-refractivity contribution in [3.05, 3.63) is 70.5 Å². The van der Waals surface area contributed by atoms with Gasteiger partial charge >= 0.3 is 5.63 Å². The molecule has 1 amide bonds. The summed E-state index contributed by atoms with van der Waals surface area (Å²) in [6, 6.07) is 10.3. The molecule has 0 saturated carbocycles. The molecule has 0 bridgehead atoms. The minimum absolute atomic E-state index is 0.0260. The van der Waals surface area contributed by atoms with Crippen molar-refractivity contribution in [2.24, 2.45) is 0 Å². The van der Waals surface area contributed by atoms with Crippen molar-refractivity contribution >= 4 is 22.4 Å². The second kappa shape index (κ2) is 5.20. The van der Waals surface area contributed by atoms with Crippen molar-refractivity contribution in [2.75, 3.05) is 5.32 Å². The number of anilines is 1. The fourth-order valence-electron chi connectivity index (χ4n) is 2.02. The second-order valence-corrected chi connectivity index (χ2v) is 4.63. The molecule has 104 valence electrons. The minimum atomic E-state index is -0.527. The molecule has 0 spiro atoms. The lowest BCUT2D eigenvalue weighted by molar-refractivity contribution is 0.0993. The highest BCUT2D eigenvalue weighted by molar-refractivity contribution is 6.04. The van der Waals surface area contributed by atoms with Crippen molar-refractivity contribution in [1.29, 1.82) is 0 Å². The number of aryl methyl sites for hydroxylation is 1. The maximum Gasteiger partial charge on any atom is 0.344 e. The molecular formula is C16H12N2O3. The molecule has 0 atom stereocenters. The van der Waals surface area contributed by atoms with E-state index in [1.807, 2.05) is 6.92 Å². The van der Waals surface area contributed by atoms with Crippen molar-refractivity contribution < 1.29 is 9.21 Å². The Hall–Kier alpha value is -2.95. The smallest absolute Gasteiger partial charge is 0.344 e. The number of hydrogen-bond donors (Lipinski definition) is 1. The topological polar surface area (TPSA) is 72.2 Å². The number of rotatable bonds is 2. The van der Waals surface area contributed by atoms with E-state index in [9.17, 15) is 9.59 Å². The molecule has 0 aliphatic carbocycles. The van der Waals surface area contributed by atoms with Crippen LogP contribution in [0.1, 0.15) is 16.1 Å². The van der Waals surface area contributed by atoms with Crippen LogP contribution in [0.3, 0.4) is 0 Å². The van der Waals surface area contributed by atoms with Gasteiger partial charge in [-0.2, -0.15) is 0 Å². The number of carbonyl (C=O) groups is 1. The lowest BCUT2D eigenvalue weighted by Crippen LogP contribution is -2.15. The zero-order valence-electron chi connectivity index (χ0n) is 11.3. The predicted octanol–water partition coefficient (Wildman–Crippen LogP) is 2.75. The first kappa shape index (κ1) is 13.1. The zero-order chi connectivity index (χ0) is 14.8. The summed E-state index contributed by atoms with van der Waals surface area (Å²) in [4.78, 5) is 28.0. The minimum Gasteiger partial charge on any atom is -0.417 e. The molecule has 0 aliphatic rings. The van der Waals surface area contributed by atoms with Crippen LogP contribution in [0.15, 0.2) is 58.0 Å². The van der Waals surface area contributed by atoms with Crippen LogP contribution in [-0.2, 0) is 0 Å². The van der Waals surface area contributed by atoms with Crippen molar-refractivity contribution in [1.82, 2.24) is 4.98 Å². The third kappa shape index (κ3) is 2.53. The maximum atomic E-state index is 12.2. The van der Waals surface area contributed by atoms with E-state index < -0.39 is 11.5 Å². The summed E-state index contributed by atoms with van der Waals surface area (Å²) in [7, 11) is 0. The summed E-state index contributed by atoms with van der Waals surface area (Å²) in [6.07, 6.45) is 3.19. The van der Waals surface area contributed by atoms with E-state index >= 15 is 0 Å². The van der Waals surface area contributed by atoms with Gasteiger partial charge in [0.25, 0.3) is 5.91 Å². The average molecular weight is 280 g/mol. The van der Waals surface area contributed by atoms with E-state index in [0.29, 0.717) is 16.5 Å². The van der Waals surface area contributed by atoms with Gasteiger partial charge in [-0.05, 0) is 36.1 Å². The van der Waals surface area contributed by atoms with Gasteiger partial charge in [-0.1, -0.05) is 18.2 Å². The van der Waals surface area contributed by atoms with Crippen molar-refractivity contribution in [3.63, 3.8) is 0 Å². The summed E-state index contributed by atoms with van der Waals surface area (Å²) >= 11 is 0. The largest absolute Gasteiger partial charge is 0.417 e. The van der Waals surface area contributed by atoms with Gasteiger partial charge in [-0.15, -0.1) is 0 Å². The molecule has 2 heterocycles. The van der Waals surface area contributed by atoms with Gasteiger partial charge in [-0.25, -0.2) is 4.79 Å². The Morgan fingerprint density at radius 1 is 1.24 bits per heavy atom. The SMILES string of the molecule is Cc1ccncc1NC(=O)c1cc2ccccc2c(=O)o1. The molecule has 1 aromatic carbocycles. The second-order valence-electron chi connectivity index (χ2n) is 4.63. The number of nitrogens with one attached hydrogen (secondary N) is 1. The first-order valence-electron chi connectivity index (χ1n) is 6.40. The summed E-state index contributed by atoms with van der Waals surface area (Å²) in [5.74, 6) is -0.504. The summed E-state index contributed by atoms with van der Waals surface area (Å²) in [6.45, 7) is 1.86. The van der Waals surface area contributed by atoms with Crippen LogP contribution in [0.25, 0.3) is 10.8 Å². The van der Waals surface area contributed by atoms with Crippen LogP contribution < -0.4 is 10.9 Å². The van der Waals surface area contributed by atoms with E-state index in [2.05, 4.69) is 10.3 Å². The molecule has 2 aromatic heterocycles. The van der Waals surface area contributed by atoms with Gasteiger partial charge in [0.2, 0.25) is 0 Å². The Bertz CT molecular complexity index is 884. The Morgan fingerprint density at radius 2 is 2.05 bits per heavy atom. The van der Waals surface area contributed by atoms with E-state index in [1.54, 1.807) is 48.8 Å². The van der Waals surface area contributed by atoms with E-state index in [0.717, 1.165) is 5.56 Å². The number of amides is 1.